The van der Waals surface area contributed by atoms with Crippen LogP contribution in [0.25, 0.3) is 0 Å². The fraction of sp³-hybridized carbons (Fsp3) is 0.529. The van der Waals surface area contributed by atoms with Gasteiger partial charge in [0.1, 0.15) is 11.4 Å². The van der Waals surface area contributed by atoms with Crippen LogP contribution in [0.2, 0.25) is 0 Å². The predicted molar refractivity (Wildman–Crippen MR) is 87.5 cm³/mol. The maximum absolute atomic E-state index is 13.3. The molecule has 1 aliphatic heterocycles. The van der Waals surface area contributed by atoms with Gasteiger partial charge in [0.25, 0.3) is 0 Å². The van der Waals surface area contributed by atoms with Gasteiger partial charge in [0.05, 0.1) is 30.7 Å². The first-order valence-electron chi connectivity index (χ1n) is 8.11. The molecule has 0 spiro atoms. The molecule has 0 bridgehead atoms. The molecule has 0 aromatic heterocycles. The maximum atomic E-state index is 13.3. The third-order valence-corrected chi connectivity index (χ3v) is 3.66. The van der Waals surface area contributed by atoms with Crippen LogP contribution in [-0.2, 0) is 20.4 Å². The van der Waals surface area contributed by atoms with Crippen LogP contribution < -0.4 is 10.6 Å². The highest BCUT2D eigenvalue weighted by Crippen LogP contribution is 2.33. The summed E-state index contributed by atoms with van der Waals surface area (Å²) in [5.41, 5.74) is -2.42. The standard InChI is InChI=1S/C17H20F4N2O4/c1-16(2,3)27-15(25)23-13-8-26-7-10(13)14(24)22-9-4-5-12(18)11(6-9)17(19,20)21/h4-6,10,13H,7-8H2,1-3H3,(H,22,24)(H,23,25). The zero-order chi connectivity index (χ0) is 20.4. The van der Waals surface area contributed by atoms with Crippen LogP contribution in [0.1, 0.15) is 26.3 Å². The monoisotopic (exact) mass is 392 g/mol. The number of hydrogen-bond donors (Lipinski definition) is 2. The van der Waals surface area contributed by atoms with Crippen LogP contribution in [-0.4, -0.2) is 36.9 Å². The predicted octanol–water partition coefficient (Wildman–Crippen LogP) is 3.32. The molecule has 0 aliphatic carbocycles. The number of halogens is 4. The number of anilines is 1. The Morgan fingerprint density at radius 3 is 2.44 bits per heavy atom. The summed E-state index contributed by atoms with van der Waals surface area (Å²) in [4.78, 5) is 24.2. The van der Waals surface area contributed by atoms with E-state index in [1.54, 1.807) is 20.8 Å². The molecule has 2 atom stereocenters. The molecule has 2 amide bonds. The summed E-state index contributed by atoms with van der Waals surface area (Å²) < 4.78 is 61.9. The molecule has 1 aliphatic rings. The highest BCUT2D eigenvalue weighted by Gasteiger charge is 2.37. The van der Waals surface area contributed by atoms with E-state index in [1.807, 2.05) is 0 Å². The van der Waals surface area contributed by atoms with Crippen molar-refractivity contribution in [2.45, 2.75) is 38.6 Å². The molecule has 1 saturated heterocycles. The molecule has 1 heterocycles. The van der Waals surface area contributed by atoms with Crippen LogP contribution in [0.3, 0.4) is 0 Å². The van der Waals surface area contributed by atoms with E-state index in [-0.39, 0.29) is 18.9 Å². The molecule has 1 fully saturated rings. The fourth-order valence-electron chi connectivity index (χ4n) is 2.47. The fourth-order valence-corrected chi connectivity index (χ4v) is 2.47. The first-order valence-corrected chi connectivity index (χ1v) is 8.11. The minimum Gasteiger partial charge on any atom is -0.444 e. The van der Waals surface area contributed by atoms with Gasteiger partial charge in [-0.1, -0.05) is 0 Å². The molecule has 0 radical (unpaired) electrons. The van der Waals surface area contributed by atoms with Crippen molar-refractivity contribution in [2.75, 3.05) is 18.5 Å². The number of hydrogen-bond acceptors (Lipinski definition) is 4. The highest BCUT2D eigenvalue weighted by atomic mass is 19.4. The Labute approximate surface area is 153 Å². The van der Waals surface area contributed by atoms with Crippen LogP contribution in [0, 0.1) is 11.7 Å². The lowest BCUT2D eigenvalue weighted by atomic mass is 10.0. The molecule has 2 N–H and O–H groups in total. The second kappa shape index (κ2) is 7.71. The van der Waals surface area contributed by atoms with Crippen molar-refractivity contribution in [1.82, 2.24) is 5.32 Å². The summed E-state index contributed by atoms with van der Waals surface area (Å²) in [6.45, 7) is 5.05. The van der Waals surface area contributed by atoms with Crippen molar-refractivity contribution >= 4 is 17.7 Å². The number of alkyl halides is 3. The van der Waals surface area contributed by atoms with E-state index < -0.39 is 47.1 Å². The lowest BCUT2D eigenvalue weighted by Gasteiger charge is -2.23. The Balaban J connectivity index is 2.06. The van der Waals surface area contributed by atoms with E-state index in [2.05, 4.69) is 10.6 Å². The molecule has 1 aromatic rings. The van der Waals surface area contributed by atoms with Crippen molar-refractivity contribution in [3.05, 3.63) is 29.6 Å². The van der Waals surface area contributed by atoms with Crippen molar-refractivity contribution < 1.29 is 36.6 Å². The van der Waals surface area contributed by atoms with Gasteiger partial charge in [0.15, 0.2) is 0 Å². The second-order valence-corrected chi connectivity index (χ2v) is 7.08. The maximum Gasteiger partial charge on any atom is 0.419 e. The van der Waals surface area contributed by atoms with Crippen molar-refractivity contribution in [2.24, 2.45) is 5.92 Å². The van der Waals surface area contributed by atoms with Crippen molar-refractivity contribution in [1.29, 1.82) is 0 Å². The minimum absolute atomic E-state index is 0.0282. The third-order valence-electron chi connectivity index (χ3n) is 3.66. The van der Waals surface area contributed by atoms with E-state index in [4.69, 9.17) is 9.47 Å². The Bertz CT molecular complexity index is 716. The highest BCUT2D eigenvalue weighted by molar-refractivity contribution is 5.93. The average molecular weight is 392 g/mol. The quantitative estimate of drug-likeness (QED) is 0.774. The molecule has 27 heavy (non-hydrogen) atoms. The zero-order valence-corrected chi connectivity index (χ0v) is 14.9. The largest absolute Gasteiger partial charge is 0.444 e. The number of carbonyl (C=O) groups excluding carboxylic acids is 2. The number of ether oxygens (including phenoxy) is 2. The lowest BCUT2D eigenvalue weighted by molar-refractivity contribution is -0.140. The molecular weight excluding hydrogens is 372 g/mol. The summed E-state index contributed by atoms with van der Waals surface area (Å²) in [6, 6.07) is 1.45. The average Bonchev–Trinajstić information content (AvgIpc) is 2.94. The van der Waals surface area contributed by atoms with E-state index in [0.717, 1.165) is 6.07 Å². The van der Waals surface area contributed by atoms with Gasteiger partial charge in [0.2, 0.25) is 5.91 Å². The number of amides is 2. The number of carbonyl (C=O) groups is 2. The number of alkyl carbamates (subject to hydrolysis) is 1. The molecule has 2 rings (SSSR count). The molecular formula is C17H20F4N2O4. The Kier molecular flexibility index (Phi) is 5.98. The van der Waals surface area contributed by atoms with Gasteiger partial charge < -0.3 is 20.1 Å². The van der Waals surface area contributed by atoms with Crippen LogP contribution in [0.4, 0.5) is 28.0 Å². The molecule has 2 unspecified atom stereocenters. The molecule has 10 heteroatoms. The molecule has 6 nitrogen and oxygen atoms in total. The van der Waals surface area contributed by atoms with Crippen LogP contribution in [0.5, 0.6) is 0 Å². The van der Waals surface area contributed by atoms with E-state index in [1.165, 1.54) is 0 Å². The topological polar surface area (TPSA) is 76.7 Å². The third kappa shape index (κ3) is 5.81. The molecule has 1 aromatic carbocycles. The lowest BCUT2D eigenvalue weighted by Crippen LogP contribution is -2.46. The van der Waals surface area contributed by atoms with Gasteiger partial charge in [-0.05, 0) is 39.0 Å². The van der Waals surface area contributed by atoms with Gasteiger partial charge in [-0.2, -0.15) is 13.2 Å². The van der Waals surface area contributed by atoms with E-state index >= 15 is 0 Å². The van der Waals surface area contributed by atoms with E-state index in [0.29, 0.717) is 12.1 Å². The first-order chi connectivity index (χ1) is 12.4. The van der Waals surface area contributed by atoms with Crippen LogP contribution in [0.15, 0.2) is 18.2 Å². The number of rotatable bonds is 3. The van der Waals surface area contributed by atoms with Gasteiger partial charge in [-0.25, -0.2) is 9.18 Å². The van der Waals surface area contributed by atoms with Crippen molar-refractivity contribution in [3.63, 3.8) is 0 Å². The molecule has 150 valence electrons. The van der Waals surface area contributed by atoms with Crippen LogP contribution >= 0.6 is 0 Å². The van der Waals surface area contributed by atoms with Gasteiger partial charge in [-0.3, -0.25) is 4.79 Å². The van der Waals surface area contributed by atoms with E-state index in [9.17, 15) is 27.2 Å². The normalized spacial score (nSPS) is 20.3. The number of benzene rings is 1. The summed E-state index contributed by atoms with van der Waals surface area (Å²) >= 11 is 0. The Morgan fingerprint density at radius 1 is 1.19 bits per heavy atom. The summed E-state index contributed by atoms with van der Waals surface area (Å²) in [5, 5.41) is 4.81. The Morgan fingerprint density at radius 2 is 1.85 bits per heavy atom. The molecule has 0 saturated carbocycles. The minimum atomic E-state index is -4.89. The van der Waals surface area contributed by atoms with Gasteiger partial charge in [-0.15, -0.1) is 0 Å². The first kappa shape index (κ1) is 20.9. The summed E-state index contributed by atoms with van der Waals surface area (Å²) in [6.07, 6.45) is -5.63. The summed E-state index contributed by atoms with van der Waals surface area (Å²) in [5.74, 6) is -2.93. The number of nitrogens with one attached hydrogen (secondary N) is 2. The smallest absolute Gasteiger partial charge is 0.419 e. The van der Waals surface area contributed by atoms with Gasteiger partial charge in [0, 0.05) is 5.69 Å². The van der Waals surface area contributed by atoms with Crippen molar-refractivity contribution in [3.8, 4) is 0 Å². The van der Waals surface area contributed by atoms with Gasteiger partial charge >= 0.3 is 12.3 Å². The summed E-state index contributed by atoms with van der Waals surface area (Å²) in [7, 11) is 0. The zero-order valence-electron chi connectivity index (χ0n) is 14.9. The second-order valence-electron chi connectivity index (χ2n) is 7.08. The Hall–Kier alpha value is -2.36. The SMILES string of the molecule is CC(C)(C)OC(=O)NC1COCC1C(=O)Nc1ccc(F)c(C(F)(F)F)c1.